The van der Waals surface area contributed by atoms with E-state index in [0.717, 1.165) is 10.9 Å². The van der Waals surface area contributed by atoms with Gasteiger partial charge in [0.1, 0.15) is 8.07 Å². The zero-order chi connectivity index (χ0) is 12.5. The molecule has 0 unspecified atom stereocenters. The van der Waals surface area contributed by atoms with Crippen molar-refractivity contribution in [1.82, 2.24) is 9.97 Å². The molecule has 0 saturated carbocycles. The van der Waals surface area contributed by atoms with Crippen LogP contribution >= 0.6 is 0 Å². The third kappa shape index (κ3) is 2.63. The summed E-state index contributed by atoms with van der Waals surface area (Å²) in [4.78, 5) is 18.3. The number of nitrogens with zero attached hydrogens (tertiary/aromatic N) is 1. The summed E-state index contributed by atoms with van der Waals surface area (Å²) in [7, 11) is -1.41. The first kappa shape index (κ1) is 11.6. The smallest absolute Gasteiger partial charge is 0.257 e. The predicted molar refractivity (Wildman–Crippen MR) is 72.6 cm³/mol. The average Bonchev–Trinajstić information content (AvgIpc) is 2.27. The lowest BCUT2D eigenvalue weighted by Crippen LogP contribution is -2.16. The molecular weight excluding hydrogens is 228 g/mol. The van der Waals surface area contributed by atoms with Crippen LogP contribution in [0.25, 0.3) is 10.8 Å². The molecule has 0 radical (unpaired) electrons. The van der Waals surface area contributed by atoms with Gasteiger partial charge < -0.3 is 4.98 Å². The molecule has 0 saturated heterocycles. The van der Waals surface area contributed by atoms with Crippen LogP contribution in [0.2, 0.25) is 19.6 Å². The zero-order valence-corrected chi connectivity index (χ0v) is 11.2. The summed E-state index contributed by atoms with van der Waals surface area (Å²) in [6.45, 7) is 6.57. The third-order valence-corrected chi connectivity index (χ3v) is 3.15. The van der Waals surface area contributed by atoms with E-state index in [9.17, 15) is 4.79 Å². The Kier molecular flexibility index (Phi) is 2.86. The highest BCUT2D eigenvalue weighted by molar-refractivity contribution is 6.83. The Morgan fingerprint density at radius 2 is 2.06 bits per heavy atom. The van der Waals surface area contributed by atoms with Gasteiger partial charge in [0.2, 0.25) is 0 Å². The Labute approximate surface area is 101 Å². The number of hydrogen-bond acceptors (Lipinski definition) is 2. The average molecular weight is 242 g/mol. The first-order valence-corrected chi connectivity index (χ1v) is 8.96. The molecular formula is C13H14N2OSi. The molecule has 2 aromatic rings. The van der Waals surface area contributed by atoms with Crippen molar-refractivity contribution in [2.75, 3.05) is 0 Å². The number of H-pyrrole nitrogens is 1. The van der Waals surface area contributed by atoms with Crippen molar-refractivity contribution in [3.8, 4) is 11.5 Å². The molecule has 3 nitrogen and oxygen atoms in total. The zero-order valence-electron chi connectivity index (χ0n) is 10.2. The van der Waals surface area contributed by atoms with Crippen molar-refractivity contribution < 1.29 is 0 Å². The molecule has 0 aromatic carbocycles. The monoisotopic (exact) mass is 242 g/mol. The van der Waals surface area contributed by atoms with E-state index in [4.69, 9.17) is 0 Å². The van der Waals surface area contributed by atoms with E-state index in [1.54, 1.807) is 18.6 Å². The van der Waals surface area contributed by atoms with Crippen LogP contribution in [0.4, 0.5) is 0 Å². The minimum absolute atomic E-state index is 0.119. The molecule has 2 rings (SSSR count). The Hall–Kier alpha value is -1.86. The van der Waals surface area contributed by atoms with Gasteiger partial charge in [-0.05, 0) is 6.07 Å². The fourth-order valence-corrected chi connectivity index (χ4v) is 1.97. The van der Waals surface area contributed by atoms with E-state index < -0.39 is 8.07 Å². The van der Waals surface area contributed by atoms with Crippen molar-refractivity contribution >= 4 is 18.8 Å². The van der Waals surface area contributed by atoms with Crippen molar-refractivity contribution in [3.05, 3.63) is 40.6 Å². The Morgan fingerprint density at radius 1 is 1.29 bits per heavy atom. The summed E-state index contributed by atoms with van der Waals surface area (Å²) in [6.07, 6.45) is 4.94. The molecule has 2 heterocycles. The molecule has 0 amide bonds. The number of pyridine rings is 2. The van der Waals surface area contributed by atoms with Crippen LogP contribution in [0.1, 0.15) is 5.56 Å². The molecule has 0 aliphatic carbocycles. The normalized spacial score (nSPS) is 11.0. The van der Waals surface area contributed by atoms with E-state index in [-0.39, 0.29) is 5.56 Å². The van der Waals surface area contributed by atoms with Gasteiger partial charge in [-0.25, -0.2) is 0 Å². The van der Waals surface area contributed by atoms with Crippen LogP contribution < -0.4 is 5.56 Å². The van der Waals surface area contributed by atoms with Gasteiger partial charge in [-0.3, -0.25) is 9.78 Å². The Morgan fingerprint density at radius 3 is 2.76 bits per heavy atom. The molecule has 0 aliphatic rings. The maximum Gasteiger partial charge on any atom is 0.257 e. The van der Waals surface area contributed by atoms with Gasteiger partial charge >= 0.3 is 0 Å². The lowest BCUT2D eigenvalue weighted by atomic mass is 10.1. The quantitative estimate of drug-likeness (QED) is 0.568. The van der Waals surface area contributed by atoms with E-state index >= 15 is 0 Å². The standard InChI is InChI=1S/C13H14N2OSi/c1-17(2,3)7-5-10-8-15-13(16)12-9-14-6-4-11(10)12/h4,6,8-9H,1-3H3,(H,15,16). The molecule has 1 N–H and O–H groups in total. The first-order chi connectivity index (χ1) is 7.97. The van der Waals surface area contributed by atoms with Gasteiger partial charge in [-0.15, -0.1) is 5.54 Å². The van der Waals surface area contributed by atoms with Crippen molar-refractivity contribution in [3.63, 3.8) is 0 Å². The highest BCUT2D eigenvalue weighted by Crippen LogP contribution is 2.12. The highest BCUT2D eigenvalue weighted by atomic mass is 28.3. The molecule has 0 bridgehead atoms. The molecule has 0 atom stereocenters. The summed E-state index contributed by atoms with van der Waals surface area (Å²) in [6, 6.07) is 1.83. The molecule has 0 spiro atoms. The van der Waals surface area contributed by atoms with E-state index in [1.807, 2.05) is 6.07 Å². The highest BCUT2D eigenvalue weighted by Gasteiger charge is 2.08. The van der Waals surface area contributed by atoms with Gasteiger partial charge in [0, 0.05) is 29.5 Å². The third-order valence-electron chi connectivity index (χ3n) is 2.28. The molecule has 17 heavy (non-hydrogen) atoms. The molecule has 2 aromatic heterocycles. The lowest BCUT2D eigenvalue weighted by Gasteiger charge is -2.04. The van der Waals surface area contributed by atoms with E-state index in [1.165, 1.54) is 0 Å². The van der Waals surface area contributed by atoms with Gasteiger partial charge in [0.05, 0.1) is 5.39 Å². The van der Waals surface area contributed by atoms with Crippen molar-refractivity contribution in [1.29, 1.82) is 0 Å². The molecule has 0 aliphatic heterocycles. The van der Waals surface area contributed by atoms with Crippen LogP contribution in [0.5, 0.6) is 0 Å². The van der Waals surface area contributed by atoms with Crippen LogP contribution in [0.3, 0.4) is 0 Å². The van der Waals surface area contributed by atoms with Gasteiger partial charge in [-0.2, -0.15) is 0 Å². The van der Waals surface area contributed by atoms with Crippen molar-refractivity contribution in [2.24, 2.45) is 0 Å². The van der Waals surface area contributed by atoms with Crippen molar-refractivity contribution in [2.45, 2.75) is 19.6 Å². The van der Waals surface area contributed by atoms with Crippen LogP contribution in [-0.4, -0.2) is 18.0 Å². The Bertz CT molecular complexity index is 671. The second-order valence-electron chi connectivity index (χ2n) is 4.95. The molecule has 0 fully saturated rings. The fraction of sp³-hybridized carbons (Fsp3) is 0.231. The maximum absolute atomic E-state index is 11.6. The predicted octanol–water partition coefficient (Wildman–Crippen LogP) is 2.15. The second-order valence-corrected chi connectivity index (χ2v) is 9.70. The maximum atomic E-state index is 11.6. The van der Waals surface area contributed by atoms with E-state index in [0.29, 0.717) is 5.39 Å². The van der Waals surface area contributed by atoms with Gasteiger partial charge in [0.25, 0.3) is 5.56 Å². The first-order valence-electron chi connectivity index (χ1n) is 5.46. The fourth-order valence-electron chi connectivity index (χ4n) is 1.46. The van der Waals surface area contributed by atoms with Gasteiger partial charge in [0.15, 0.2) is 0 Å². The number of hydrogen-bond donors (Lipinski definition) is 1. The lowest BCUT2D eigenvalue weighted by molar-refractivity contribution is 1.25. The van der Waals surface area contributed by atoms with Crippen LogP contribution in [0, 0.1) is 11.5 Å². The number of nitrogens with one attached hydrogen (secondary N) is 1. The topological polar surface area (TPSA) is 45.8 Å². The second kappa shape index (κ2) is 4.19. The number of aromatic amines is 1. The van der Waals surface area contributed by atoms with Crippen LogP contribution in [-0.2, 0) is 0 Å². The summed E-state index contributed by atoms with van der Waals surface area (Å²) in [5.74, 6) is 3.17. The minimum Gasteiger partial charge on any atom is -0.327 e. The number of aromatic nitrogens is 2. The number of rotatable bonds is 0. The van der Waals surface area contributed by atoms with Crippen LogP contribution in [0.15, 0.2) is 29.5 Å². The molecule has 4 heteroatoms. The van der Waals surface area contributed by atoms with Gasteiger partial charge in [-0.1, -0.05) is 25.6 Å². The van der Waals surface area contributed by atoms with E-state index in [2.05, 4.69) is 41.1 Å². The summed E-state index contributed by atoms with van der Waals surface area (Å²) in [5, 5.41) is 1.46. The molecule has 86 valence electrons. The summed E-state index contributed by atoms with van der Waals surface area (Å²) in [5.41, 5.74) is 4.04. The SMILES string of the molecule is C[Si](C)(C)C#Cc1c[nH]c(=O)c2cnccc12. The minimum atomic E-state index is -1.41. The number of fused-ring (bicyclic) bond motifs is 1. The largest absolute Gasteiger partial charge is 0.327 e. The summed E-state index contributed by atoms with van der Waals surface area (Å²) < 4.78 is 0. The summed E-state index contributed by atoms with van der Waals surface area (Å²) >= 11 is 0. The Balaban J connectivity index is 2.67.